The summed E-state index contributed by atoms with van der Waals surface area (Å²) in [4.78, 5) is 2.55. The maximum atomic E-state index is 5.45. The Hall–Kier alpha value is -1.26. The molecule has 1 aromatic carbocycles. The fraction of sp³-hybridized carbons (Fsp3) is 0.647. The van der Waals surface area contributed by atoms with Gasteiger partial charge >= 0.3 is 0 Å². The highest BCUT2D eigenvalue weighted by atomic mass is 16.5. The van der Waals surface area contributed by atoms with Crippen molar-refractivity contribution < 1.29 is 9.47 Å². The van der Waals surface area contributed by atoms with Gasteiger partial charge in [-0.2, -0.15) is 0 Å². The minimum atomic E-state index is 0.258. The standard InChI is InChI=1S/C17H28N2O2/c1-14(18-9-6-12-19-10-4-5-11-19)16-13-15(20-2)7-8-17(16)21-3/h7-8,13-14,18H,4-6,9-12H2,1-3H3. The van der Waals surface area contributed by atoms with Gasteiger partial charge in [-0.3, -0.25) is 0 Å². The third-order valence-electron chi connectivity index (χ3n) is 4.20. The van der Waals surface area contributed by atoms with E-state index in [2.05, 4.69) is 23.2 Å². The lowest BCUT2D eigenvalue weighted by Crippen LogP contribution is -2.26. The van der Waals surface area contributed by atoms with E-state index in [1.165, 1.54) is 38.9 Å². The molecule has 0 radical (unpaired) electrons. The molecule has 1 unspecified atom stereocenters. The van der Waals surface area contributed by atoms with Gasteiger partial charge in [0, 0.05) is 11.6 Å². The summed E-state index contributed by atoms with van der Waals surface area (Å²) in [5, 5.41) is 3.59. The molecule has 4 nitrogen and oxygen atoms in total. The van der Waals surface area contributed by atoms with E-state index in [1.807, 2.05) is 12.1 Å². The summed E-state index contributed by atoms with van der Waals surface area (Å²) < 4.78 is 10.8. The van der Waals surface area contributed by atoms with Crippen molar-refractivity contribution in [3.8, 4) is 11.5 Å². The number of methoxy groups -OCH3 is 2. The molecule has 1 aromatic rings. The Labute approximate surface area is 128 Å². The van der Waals surface area contributed by atoms with Gasteiger partial charge < -0.3 is 19.7 Å². The predicted molar refractivity (Wildman–Crippen MR) is 86.3 cm³/mol. The van der Waals surface area contributed by atoms with Crippen LogP contribution in [0.4, 0.5) is 0 Å². The number of likely N-dealkylation sites (tertiary alicyclic amines) is 1. The molecule has 0 amide bonds. The van der Waals surface area contributed by atoms with Gasteiger partial charge in [0.05, 0.1) is 14.2 Å². The third kappa shape index (κ3) is 4.61. The van der Waals surface area contributed by atoms with Gasteiger partial charge in [0.15, 0.2) is 0 Å². The number of hydrogen-bond donors (Lipinski definition) is 1. The van der Waals surface area contributed by atoms with Gasteiger partial charge in [-0.05, 0) is 70.6 Å². The smallest absolute Gasteiger partial charge is 0.123 e. The number of nitrogens with one attached hydrogen (secondary N) is 1. The SMILES string of the molecule is COc1ccc(OC)c(C(C)NCCCN2CCCC2)c1. The maximum absolute atomic E-state index is 5.45. The Kier molecular flexibility index (Phi) is 6.33. The van der Waals surface area contributed by atoms with Crippen LogP contribution in [-0.2, 0) is 0 Å². The molecule has 1 aliphatic rings. The van der Waals surface area contributed by atoms with E-state index in [0.717, 1.165) is 23.6 Å². The first-order chi connectivity index (χ1) is 10.2. The quantitative estimate of drug-likeness (QED) is 0.747. The van der Waals surface area contributed by atoms with Gasteiger partial charge in [0.25, 0.3) is 0 Å². The zero-order chi connectivity index (χ0) is 15.1. The van der Waals surface area contributed by atoms with Gasteiger partial charge in [-0.25, -0.2) is 0 Å². The molecule has 1 fully saturated rings. The molecule has 1 aliphatic heterocycles. The maximum Gasteiger partial charge on any atom is 0.123 e. The largest absolute Gasteiger partial charge is 0.497 e. The highest BCUT2D eigenvalue weighted by Crippen LogP contribution is 2.29. The van der Waals surface area contributed by atoms with Crippen molar-refractivity contribution in [3.05, 3.63) is 23.8 Å². The lowest BCUT2D eigenvalue weighted by Gasteiger charge is -2.19. The normalized spacial score (nSPS) is 16.9. The average molecular weight is 292 g/mol. The lowest BCUT2D eigenvalue weighted by molar-refractivity contribution is 0.327. The number of hydrogen-bond acceptors (Lipinski definition) is 4. The molecule has 1 heterocycles. The van der Waals surface area contributed by atoms with Crippen molar-refractivity contribution in [3.63, 3.8) is 0 Å². The number of nitrogens with zero attached hydrogens (tertiary/aromatic N) is 1. The van der Waals surface area contributed by atoms with E-state index in [9.17, 15) is 0 Å². The zero-order valence-corrected chi connectivity index (χ0v) is 13.5. The zero-order valence-electron chi connectivity index (χ0n) is 13.5. The van der Waals surface area contributed by atoms with Crippen molar-refractivity contribution in [2.75, 3.05) is 40.4 Å². The lowest BCUT2D eigenvalue weighted by atomic mass is 10.1. The number of ether oxygens (including phenoxy) is 2. The van der Waals surface area contributed by atoms with Crippen LogP contribution in [0.3, 0.4) is 0 Å². The van der Waals surface area contributed by atoms with Gasteiger partial charge in [0.1, 0.15) is 11.5 Å². The molecule has 4 heteroatoms. The van der Waals surface area contributed by atoms with Crippen LogP contribution < -0.4 is 14.8 Å². The van der Waals surface area contributed by atoms with Crippen molar-refractivity contribution in [2.24, 2.45) is 0 Å². The van der Waals surface area contributed by atoms with Crippen molar-refractivity contribution >= 4 is 0 Å². The molecule has 1 saturated heterocycles. The average Bonchev–Trinajstić information content (AvgIpc) is 3.04. The number of benzene rings is 1. The van der Waals surface area contributed by atoms with Crippen molar-refractivity contribution in [1.82, 2.24) is 10.2 Å². The first-order valence-electron chi connectivity index (χ1n) is 7.92. The second-order valence-electron chi connectivity index (χ2n) is 5.69. The Morgan fingerprint density at radius 1 is 1.19 bits per heavy atom. The molecule has 0 aromatic heterocycles. The fourth-order valence-electron chi connectivity index (χ4n) is 2.92. The Morgan fingerprint density at radius 2 is 1.95 bits per heavy atom. The summed E-state index contributed by atoms with van der Waals surface area (Å²) in [5.74, 6) is 1.78. The van der Waals surface area contributed by atoms with Crippen LogP contribution in [0.5, 0.6) is 11.5 Å². The molecular formula is C17H28N2O2. The molecular weight excluding hydrogens is 264 g/mol. The Balaban J connectivity index is 1.82. The first kappa shape index (κ1) is 16.1. The van der Waals surface area contributed by atoms with Crippen LogP contribution >= 0.6 is 0 Å². The molecule has 21 heavy (non-hydrogen) atoms. The summed E-state index contributed by atoms with van der Waals surface area (Å²) in [6.07, 6.45) is 3.92. The summed E-state index contributed by atoms with van der Waals surface area (Å²) in [6.45, 7) is 6.96. The molecule has 1 N–H and O–H groups in total. The summed E-state index contributed by atoms with van der Waals surface area (Å²) in [5.41, 5.74) is 1.15. The van der Waals surface area contributed by atoms with Crippen LogP contribution in [0, 0.1) is 0 Å². The van der Waals surface area contributed by atoms with E-state index in [0.29, 0.717) is 0 Å². The highest BCUT2D eigenvalue weighted by Gasteiger charge is 2.13. The number of rotatable bonds is 8. The van der Waals surface area contributed by atoms with Crippen LogP contribution in [0.1, 0.15) is 37.8 Å². The Morgan fingerprint density at radius 3 is 2.62 bits per heavy atom. The van der Waals surface area contributed by atoms with Crippen LogP contribution in [0.15, 0.2) is 18.2 Å². The molecule has 0 aliphatic carbocycles. The molecule has 2 rings (SSSR count). The summed E-state index contributed by atoms with van der Waals surface area (Å²) in [6, 6.07) is 6.21. The minimum absolute atomic E-state index is 0.258. The predicted octanol–water partition coefficient (Wildman–Crippen LogP) is 2.84. The third-order valence-corrected chi connectivity index (χ3v) is 4.20. The van der Waals surface area contributed by atoms with E-state index < -0.39 is 0 Å². The molecule has 118 valence electrons. The second kappa shape index (κ2) is 8.25. The van der Waals surface area contributed by atoms with Gasteiger partial charge in [-0.1, -0.05) is 0 Å². The summed E-state index contributed by atoms with van der Waals surface area (Å²) >= 11 is 0. The fourth-order valence-corrected chi connectivity index (χ4v) is 2.92. The first-order valence-corrected chi connectivity index (χ1v) is 7.92. The van der Waals surface area contributed by atoms with E-state index >= 15 is 0 Å². The van der Waals surface area contributed by atoms with Crippen LogP contribution in [-0.4, -0.2) is 45.3 Å². The molecule has 1 atom stereocenters. The molecule has 0 saturated carbocycles. The highest BCUT2D eigenvalue weighted by molar-refractivity contribution is 5.42. The van der Waals surface area contributed by atoms with Crippen molar-refractivity contribution in [2.45, 2.75) is 32.2 Å². The second-order valence-corrected chi connectivity index (χ2v) is 5.69. The van der Waals surface area contributed by atoms with E-state index in [4.69, 9.17) is 9.47 Å². The van der Waals surface area contributed by atoms with Crippen LogP contribution in [0.25, 0.3) is 0 Å². The monoisotopic (exact) mass is 292 g/mol. The summed E-state index contributed by atoms with van der Waals surface area (Å²) in [7, 11) is 3.41. The topological polar surface area (TPSA) is 33.7 Å². The molecule has 0 bridgehead atoms. The minimum Gasteiger partial charge on any atom is -0.497 e. The van der Waals surface area contributed by atoms with Gasteiger partial charge in [-0.15, -0.1) is 0 Å². The van der Waals surface area contributed by atoms with E-state index in [-0.39, 0.29) is 6.04 Å². The molecule has 0 spiro atoms. The van der Waals surface area contributed by atoms with Crippen LogP contribution in [0.2, 0.25) is 0 Å². The van der Waals surface area contributed by atoms with Gasteiger partial charge in [0.2, 0.25) is 0 Å². The van der Waals surface area contributed by atoms with E-state index in [1.54, 1.807) is 14.2 Å². The van der Waals surface area contributed by atoms with Crippen molar-refractivity contribution in [1.29, 1.82) is 0 Å². The Bertz CT molecular complexity index is 431.